The van der Waals surface area contributed by atoms with Gasteiger partial charge in [0.25, 0.3) is 5.91 Å². The monoisotopic (exact) mass is 395 g/mol. The minimum Gasteiger partial charge on any atom is -0.488 e. The Labute approximate surface area is 169 Å². The van der Waals surface area contributed by atoms with Crippen LogP contribution in [0.3, 0.4) is 0 Å². The molecular weight excluding hydrogens is 370 g/mol. The second-order valence-corrected chi connectivity index (χ2v) is 7.45. The molecule has 3 rings (SSSR count). The van der Waals surface area contributed by atoms with Gasteiger partial charge in [0.1, 0.15) is 22.7 Å². The number of fused-ring (bicyclic) bond motifs is 1. The second-order valence-electron chi connectivity index (χ2n) is 7.45. The van der Waals surface area contributed by atoms with Gasteiger partial charge in [0.2, 0.25) is 0 Å². The van der Waals surface area contributed by atoms with Crippen LogP contribution in [-0.4, -0.2) is 40.4 Å². The Bertz CT molecular complexity index is 1020. The number of amides is 1. The van der Waals surface area contributed by atoms with Crippen LogP contribution in [-0.2, 0) is 4.74 Å². The zero-order valence-corrected chi connectivity index (χ0v) is 17.1. The highest BCUT2D eigenvalue weighted by molar-refractivity contribution is 6.04. The third-order valence-corrected chi connectivity index (χ3v) is 4.49. The number of nitrogens with one attached hydrogen (secondary N) is 1. The average Bonchev–Trinajstić information content (AvgIpc) is 3.10. The number of ether oxygens (including phenoxy) is 2. The van der Waals surface area contributed by atoms with E-state index in [-0.39, 0.29) is 17.3 Å². The van der Waals surface area contributed by atoms with Crippen molar-refractivity contribution in [3.63, 3.8) is 0 Å². The first-order chi connectivity index (χ1) is 13.8. The van der Waals surface area contributed by atoms with E-state index < -0.39 is 0 Å². The van der Waals surface area contributed by atoms with Crippen LogP contribution >= 0.6 is 0 Å². The van der Waals surface area contributed by atoms with Gasteiger partial charge in [-0.05, 0) is 50.2 Å². The number of Topliss-reactive ketones (excluding diaryl/α,β-unsaturated/α-hetero) is 1. The van der Waals surface area contributed by atoms with Crippen molar-refractivity contribution >= 4 is 23.0 Å². The Morgan fingerprint density at radius 2 is 1.83 bits per heavy atom. The van der Waals surface area contributed by atoms with Crippen molar-refractivity contribution in [2.75, 3.05) is 19.0 Å². The standard InChI is InChI=1S/C22H25N3O4/c1-15(26)19-14-25-13-17(7-10-20(25)24-19)23-21(27)16-5-8-18(9-6-16)29-22(2,3)11-12-28-4/h5-10,13-14H,11-12H2,1-4H3,(H,23,27). The van der Waals surface area contributed by atoms with E-state index in [1.165, 1.54) is 6.92 Å². The fraction of sp³-hybridized carbons (Fsp3) is 0.318. The molecule has 2 aromatic heterocycles. The zero-order valence-electron chi connectivity index (χ0n) is 17.1. The van der Waals surface area contributed by atoms with Crippen LogP contribution in [0, 0.1) is 0 Å². The highest BCUT2D eigenvalue weighted by Crippen LogP contribution is 2.22. The maximum absolute atomic E-state index is 12.6. The first kappa shape index (κ1) is 20.5. The van der Waals surface area contributed by atoms with Crippen LogP contribution in [0.5, 0.6) is 5.75 Å². The lowest BCUT2D eigenvalue weighted by Gasteiger charge is -2.26. The molecule has 0 saturated heterocycles. The van der Waals surface area contributed by atoms with Gasteiger partial charge in [0, 0.05) is 45.0 Å². The molecule has 3 aromatic rings. The molecule has 0 atom stereocenters. The Morgan fingerprint density at radius 3 is 2.48 bits per heavy atom. The Morgan fingerprint density at radius 1 is 1.10 bits per heavy atom. The predicted octanol–water partition coefficient (Wildman–Crippen LogP) is 3.98. The van der Waals surface area contributed by atoms with Crippen molar-refractivity contribution in [1.82, 2.24) is 9.38 Å². The highest BCUT2D eigenvalue weighted by Gasteiger charge is 2.19. The predicted molar refractivity (Wildman–Crippen MR) is 111 cm³/mol. The number of anilines is 1. The molecule has 0 aliphatic rings. The third-order valence-electron chi connectivity index (χ3n) is 4.49. The minimum absolute atomic E-state index is 0.105. The van der Waals surface area contributed by atoms with Gasteiger partial charge in [0.05, 0.1) is 5.69 Å². The molecule has 2 heterocycles. The summed E-state index contributed by atoms with van der Waals surface area (Å²) in [5.41, 5.74) is 1.79. The SMILES string of the molecule is COCCC(C)(C)Oc1ccc(C(=O)Nc2ccc3nc(C(C)=O)cn3c2)cc1. The van der Waals surface area contributed by atoms with Crippen LogP contribution < -0.4 is 10.1 Å². The molecule has 7 heteroatoms. The summed E-state index contributed by atoms with van der Waals surface area (Å²) in [5, 5.41) is 2.85. The lowest BCUT2D eigenvalue weighted by atomic mass is 10.1. The van der Waals surface area contributed by atoms with Gasteiger partial charge in [0.15, 0.2) is 5.78 Å². The number of carbonyl (C=O) groups excluding carboxylic acids is 2. The number of methoxy groups -OCH3 is 1. The Balaban J connectivity index is 1.67. The van der Waals surface area contributed by atoms with Crippen molar-refractivity contribution in [3.05, 3.63) is 60.0 Å². The first-order valence-electron chi connectivity index (χ1n) is 9.36. The van der Waals surface area contributed by atoms with Crippen LogP contribution in [0.15, 0.2) is 48.8 Å². The van der Waals surface area contributed by atoms with E-state index in [2.05, 4.69) is 10.3 Å². The van der Waals surface area contributed by atoms with Crippen molar-refractivity contribution < 1.29 is 19.1 Å². The molecule has 1 aromatic carbocycles. The van der Waals surface area contributed by atoms with Gasteiger partial charge < -0.3 is 19.2 Å². The molecule has 0 aliphatic heterocycles. The number of rotatable bonds is 8. The molecule has 0 bridgehead atoms. The van der Waals surface area contributed by atoms with Crippen LogP contribution in [0.25, 0.3) is 5.65 Å². The quantitative estimate of drug-likeness (QED) is 0.584. The number of aromatic nitrogens is 2. The Kier molecular flexibility index (Phi) is 5.98. The van der Waals surface area contributed by atoms with Crippen molar-refractivity contribution in [2.45, 2.75) is 32.8 Å². The summed E-state index contributed by atoms with van der Waals surface area (Å²) < 4.78 is 12.8. The number of benzene rings is 1. The molecule has 1 amide bonds. The van der Waals surface area contributed by atoms with Crippen molar-refractivity contribution in [2.24, 2.45) is 0 Å². The summed E-state index contributed by atoms with van der Waals surface area (Å²) in [6.07, 6.45) is 4.13. The van der Waals surface area contributed by atoms with Crippen LogP contribution in [0.1, 0.15) is 48.0 Å². The molecule has 0 saturated carbocycles. The first-order valence-corrected chi connectivity index (χ1v) is 9.36. The summed E-state index contributed by atoms with van der Waals surface area (Å²) in [6, 6.07) is 10.5. The van der Waals surface area contributed by atoms with E-state index in [1.807, 2.05) is 13.8 Å². The third kappa shape index (κ3) is 5.20. The molecule has 0 fully saturated rings. The molecule has 1 N–H and O–H groups in total. The zero-order chi connectivity index (χ0) is 21.0. The fourth-order valence-electron chi connectivity index (χ4n) is 2.83. The van der Waals surface area contributed by atoms with Crippen molar-refractivity contribution in [3.8, 4) is 5.75 Å². The topological polar surface area (TPSA) is 81.9 Å². The number of carbonyl (C=O) groups is 2. The molecule has 0 spiro atoms. The van der Waals surface area contributed by atoms with E-state index in [1.54, 1.807) is 60.3 Å². The highest BCUT2D eigenvalue weighted by atomic mass is 16.5. The summed E-state index contributed by atoms with van der Waals surface area (Å²) in [4.78, 5) is 28.2. The van der Waals surface area contributed by atoms with Gasteiger partial charge in [-0.25, -0.2) is 4.98 Å². The normalized spacial score (nSPS) is 11.4. The Hall–Kier alpha value is -3.19. The van der Waals surface area contributed by atoms with E-state index in [4.69, 9.17) is 9.47 Å². The number of imidazole rings is 1. The molecular formula is C22H25N3O4. The summed E-state index contributed by atoms with van der Waals surface area (Å²) in [6.45, 7) is 6.08. The van der Waals surface area contributed by atoms with Gasteiger partial charge in [-0.2, -0.15) is 0 Å². The van der Waals surface area contributed by atoms with Gasteiger partial charge in [-0.3, -0.25) is 9.59 Å². The van der Waals surface area contributed by atoms with Gasteiger partial charge in [-0.1, -0.05) is 0 Å². The number of nitrogens with zero attached hydrogens (tertiary/aromatic N) is 2. The number of hydrogen-bond acceptors (Lipinski definition) is 5. The summed E-state index contributed by atoms with van der Waals surface area (Å²) in [5.74, 6) is 0.354. The maximum atomic E-state index is 12.6. The maximum Gasteiger partial charge on any atom is 0.255 e. The lowest BCUT2D eigenvalue weighted by molar-refractivity contribution is 0.0630. The lowest BCUT2D eigenvalue weighted by Crippen LogP contribution is -2.29. The van der Waals surface area contributed by atoms with Crippen LogP contribution in [0.2, 0.25) is 0 Å². The van der Waals surface area contributed by atoms with Gasteiger partial charge in [-0.15, -0.1) is 0 Å². The molecule has 7 nitrogen and oxygen atoms in total. The van der Waals surface area contributed by atoms with E-state index in [9.17, 15) is 9.59 Å². The summed E-state index contributed by atoms with van der Waals surface area (Å²) >= 11 is 0. The number of ketones is 1. The minimum atomic E-state index is -0.362. The second kappa shape index (κ2) is 8.45. The van der Waals surface area contributed by atoms with Gasteiger partial charge >= 0.3 is 0 Å². The molecule has 0 aliphatic carbocycles. The molecule has 0 radical (unpaired) electrons. The van der Waals surface area contributed by atoms with Crippen molar-refractivity contribution in [1.29, 1.82) is 0 Å². The molecule has 0 unspecified atom stereocenters. The average molecular weight is 395 g/mol. The number of hydrogen-bond donors (Lipinski definition) is 1. The number of pyridine rings is 1. The van der Waals surface area contributed by atoms with E-state index >= 15 is 0 Å². The van der Waals surface area contributed by atoms with E-state index in [0.29, 0.717) is 34.9 Å². The fourth-order valence-corrected chi connectivity index (χ4v) is 2.83. The largest absolute Gasteiger partial charge is 0.488 e. The molecule has 152 valence electrons. The van der Waals surface area contributed by atoms with E-state index in [0.717, 1.165) is 6.42 Å². The van der Waals surface area contributed by atoms with Crippen LogP contribution in [0.4, 0.5) is 5.69 Å². The smallest absolute Gasteiger partial charge is 0.255 e. The molecule has 29 heavy (non-hydrogen) atoms. The summed E-state index contributed by atoms with van der Waals surface area (Å²) in [7, 11) is 1.66.